The van der Waals surface area contributed by atoms with Gasteiger partial charge in [-0.3, -0.25) is 9.36 Å². The zero-order valence-corrected chi connectivity index (χ0v) is 17.4. The molecule has 1 amide bonds. The van der Waals surface area contributed by atoms with Gasteiger partial charge in [0.25, 0.3) is 0 Å². The molecule has 9 heteroatoms. The maximum Gasteiger partial charge on any atom is 0.233 e. The van der Waals surface area contributed by atoms with Crippen LogP contribution in [-0.2, 0) is 17.9 Å². The van der Waals surface area contributed by atoms with E-state index in [4.69, 9.17) is 13.9 Å². The van der Waals surface area contributed by atoms with E-state index in [0.717, 1.165) is 40.9 Å². The van der Waals surface area contributed by atoms with Crippen molar-refractivity contribution >= 4 is 17.7 Å². The second-order valence-electron chi connectivity index (χ2n) is 7.45. The Morgan fingerprint density at radius 1 is 1.27 bits per heavy atom. The number of carbonyl (C=O) groups is 1. The number of rotatable bonds is 8. The molecular weight excluding hydrogens is 404 g/mol. The van der Waals surface area contributed by atoms with Crippen molar-refractivity contribution in [1.82, 2.24) is 20.1 Å². The molecule has 0 saturated heterocycles. The molecule has 1 fully saturated rings. The Balaban J connectivity index is 1.23. The molecule has 0 radical (unpaired) electrons. The topological polar surface area (TPSA) is 91.4 Å². The van der Waals surface area contributed by atoms with Crippen LogP contribution in [0.1, 0.15) is 42.8 Å². The quantitative estimate of drug-likeness (QED) is 0.553. The largest absolute Gasteiger partial charge is 0.467 e. The van der Waals surface area contributed by atoms with Crippen molar-refractivity contribution in [3.8, 4) is 11.5 Å². The first-order valence-corrected chi connectivity index (χ1v) is 10.8. The predicted molar refractivity (Wildman–Crippen MR) is 110 cm³/mol. The second-order valence-corrected chi connectivity index (χ2v) is 8.75. The van der Waals surface area contributed by atoms with Gasteiger partial charge in [-0.05, 0) is 49.6 Å². The number of aromatic nitrogens is 3. The van der Waals surface area contributed by atoms with Crippen LogP contribution in [0.3, 0.4) is 0 Å². The second kappa shape index (κ2) is 8.06. The Kier molecular flexibility index (Phi) is 5.12. The minimum atomic E-state index is -0.314. The summed E-state index contributed by atoms with van der Waals surface area (Å²) in [4.78, 5) is 12.7. The number of nitrogens with one attached hydrogen (secondary N) is 1. The molecular formula is C21H22N4O4S. The fourth-order valence-electron chi connectivity index (χ4n) is 3.33. The van der Waals surface area contributed by atoms with Gasteiger partial charge in [0.15, 0.2) is 16.7 Å². The number of nitrogens with zero attached hydrogens (tertiary/aromatic N) is 3. The lowest BCUT2D eigenvalue weighted by atomic mass is 10.2. The number of furan rings is 1. The summed E-state index contributed by atoms with van der Waals surface area (Å²) in [7, 11) is 0. The Morgan fingerprint density at radius 2 is 2.13 bits per heavy atom. The Morgan fingerprint density at radius 3 is 2.93 bits per heavy atom. The molecule has 1 aromatic carbocycles. The highest BCUT2D eigenvalue weighted by Crippen LogP contribution is 2.40. The maximum absolute atomic E-state index is 12.7. The van der Waals surface area contributed by atoms with Gasteiger partial charge in [0.05, 0.1) is 18.1 Å². The highest BCUT2D eigenvalue weighted by atomic mass is 32.2. The van der Waals surface area contributed by atoms with Crippen LogP contribution < -0.4 is 14.8 Å². The molecule has 1 saturated carbocycles. The summed E-state index contributed by atoms with van der Waals surface area (Å²) in [5, 5.41) is 12.2. The van der Waals surface area contributed by atoms with Gasteiger partial charge in [-0.1, -0.05) is 17.8 Å². The number of benzene rings is 1. The molecule has 8 nitrogen and oxygen atoms in total. The van der Waals surface area contributed by atoms with Gasteiger partial charge >= 0.3 is 0 Å². The summed E-state index contributed by atoms with van der Waals surface area (Å²) >= 11 is 1.41. The van der Waals surface area contributed by atoms with E-state index in [9.17, 15) is 4.79 Å². The molecule has 2 aliphatic rings. The molecule has 2 aromatic heterocycles. The van der Waals surface area contributed by atoms with E-state index in [-0.39, 0.29) is 18.0 Å². The first-order chi connectivity index (χ1) is 14.7. The van der Waals surface area contributed by atoms with Gasteiger partial charge in [0, 0.05) is 12.5 Å². The maximum atomic E-state index is 12.7. The first-order valence-electron chi connectivity index (χ1n) is 9.96. The summed E-state index contributed by atoms with van der Waals surface area (Å²) in [5.41, 5.74) is 0.960. The normalized spacial score (nSPS) is 15.9. The van der Waals surface area contributed by atoms with Crippen LogP contribution in [0.4, 0.5) is 0 Å². The summed E-state index contributed by atoms with van der Waals surface area (Å²) in [5.74, 6) is 3.66. The molecule has 1 atom stereocenters. The molecule has 1 unspecified atom stereocenters. The van der Waals surface area contributed by atoms with Gasteiger partial charge in [0.2, 0.25) is 12.7 Å². The van der Waals surface area contributed by atoms with Gasteiger partial charge in [-0.25, -0.2) is 0 Å². The third kappa shape index (κ3) is 4.02. The van der Waals surface area contributed by atoms with E-state index in [1.165, 1.54) is 11.8 Å². The third-order valence-electron chi connectivity index (χ3n) is 5.14. The molecule has 3 heterocycles. The summed E-state index contributed by atoms with van der Waals surface area (Å²) in [6.07, 6.45) is 3.93. The fraction of sp³-hybridized carbons (Fsp3) is 0.381. The number of hydrogen-bond donors (Lipinski definition) is 1. The minimum absolute atomic E-state index is 0.0572. The van der Waals surface area contributed by atoms with Crippen LogP contribution >= 0.6 is 11.8 Å². The van der Waals surface area contributed by atoms with Crippen LogP contribution in [0.5, 0.6) is 11.5 Å². The van der Waals surface area contributed by atoms with E-state index < -0.39 is 0 Å². The van der Waals surface area contributed by atoms with Gasteiger partial charge in [0.1, 0.15) is 11.6 Å². The van der Waals surface area contributed by atoms with Crippen molar-refractivity contribution in [2.75, 3.05) is 6.79 Å². The van der Waals surface area contributed by atoms with Crippen molar-refractivity contribution in [2.24, 2.45) is 0 Å². The molecule has 30 heavy (non-hydrogen) atoms. The average Bonchev–Trinajstić information content (AvgIpc) is 3.14. The van der Waals surface area contributed by atoms with E-state index in [2.05, 4.69) is 20.1 Å². The fourth-order valence-corrected chi connectivity index (χ4v) is 4.21. The standard InChI is InChI=1S/C21H22N4O4S/c1-13(20(26)22-10-14-4-7-17-18(9-14)29-12-28-17)30-21-24-23-19(15-5-6-15)25(21)11-16-3-2-8-27-16/h2-4,7-9,13,15H,5-6,10-12H2,1H3,(H,22,26). The molecule has 1 N–H and O–H groups in total. The zero-order chi connectivity index (χ0) is 20.5. The Labute approximate surface area is 178 Å². The minimum Gasteiger partial charge on any atom is -0.467 e. The monoisotopic (exact) mass is 426 g/mol. The van der Waals surface area contributed by atoms with Gasteiger partial charge in [-0.15, -0.1) is 10.2 Å². The third-order valence-corrected chi connectivity index (χ3v) is 6.22. The lowest BCUT2D eigenvalue weighted by Gasteiger charge is -2.13. The van der Waals surface area contributed by atoms with E-state index >= 15 is 0 Å². The van der Waals surface area contributed by atoms with E-state index in [1.54, 1.807) is 6.26 Å². The molecule has 3 aromatic rings. The van der Waals surface area contributed by atoms with Gasteiger partial charge in [-0.2, -0.15) is 0 Å². The zero-order valence-electron chi connectivity index (χ0n) is 16.5. The molecule has 5 rings (SSSR count). The molecule has 0 spiro atoms. The van der Waals surface area contributed by atoms with Crippen LogP contribution in [-0.4, -0.2) is 32.7 Å². The average molecular weight is 426 g/mol. The number of carbonyl (C=O) groups excluding carboxylic acids is 1. The van der Waals surface area contributed by atoms with Crippen LogP contribution in [0.25, 0.3) is 0 Å². The SMILES string of the molecule is CC(Sc1nnc(C2CC2)n1Cc1ccco1)C(=O)NCc1ccc2c(c1)OCO2. The van der Waals surface area contributed by atoms with Crippen LogP contribution in [0, 0.1) is 0 Å². The van der Waals surface area contributed by atoms with E-state index in [1.807, 2.05) is 37.3 Å². The Bertz CT molecular complexity index is 1050. The number of ether oxygens (including phenoxy) is 2. The van der Waals surface area contributed by atoms with Crippen molar-refractivity contribution in [1.29, 1.82) is 0 Å². The predicted octanol–water partition coefficient (Wildman–Crippen LogP) is 3.32. The summed E-state index contributed by atoms with van der Waals surface area (Å²) < 4.78 is 18.3. The van der Waals surface area contributed by atoms with Crippen molar-refractivity contribution < 1.29 is 18.7 Å². The summed E-state index contributed by atoms with van der Waals surface area (Å²) in [6, 6.07) is 9.48. The number of amides is 1. The molecule has 156 valence electrons. The van der Waals surface area contributed by atoms with Crippen LogP contribution in [0.2, 0.25) is 0 Å². The first kappa shape index (κ1) is 19.0. The molecule has 1 aliphatic carbocycles. The number of fused-ring (bicyclic) bond motifs is 1. The lowest BCUT2D eigenvalue weighted by Crippen LogP contribution is -2.30. The number of thioether (sulfide) groups is 1. The Hall–Kier alpha value is -2.94. The molecule has 1 aliphatic heterocycles. The number of hydrogen-bond acceptors (Lipinski definition) is 7. The van der Waals surface area contributed by atoms with E-state index in [0.29, 0.717) is 24.8 Å². The highest BCUT2D eigenvalue weighted by molar-refractivity contribution is 8.00. The highest BCUT2D eigenvalue weighted by Gasteiger charge is 2.31. The lowest BCUT2D eigenvalue weighted by molar-refractivity contribution is -0.120. The van der Waals surface area contributed by atoms with Crippen molar-refractivity contribution in [3.05, 3.63) is 53.7 Å². The summed E-state index contributed by atoms with van der Waals surface area (Å²) in [6.45, 7) is 3.11. The van der Waals surface area contributed by atoms with Crippen molar-refractivity contribution in [3.63, 3.8) is 0 Å². The van der Waals surface area contributed by atoms with Crippen LogP contribution in [0.15, 0.2) is 46.2 Å². The van der Waals surface area contributed by atoms with Crippen molar-refractivity contribution in [2.45, 2.75) is 49.2 Å². The molecule has 0 bridgehead atoms. The smallest absolute Gasteiger partial charge is 0.233 e. The van der Waals surface area contributed by atoms with Gasteiger partial charge < -0.3 is 19.2 Å².